The van der Waals surface area contributed by atoms with Gasteiger partial charge in [-0.2, -0.15) is 0 Å². The van der Waals surface area contributed by atoms with Crippen LogP contribution in [-0.4, -0.2) is 48.4 Å². The third-order valence-corrected chi connectivity index (χ3v) is 6.34. The number of nitrogens with one attached hydrogen (secondary N) is 1. The number of nitrogens with zero attached hydrogens (tertiary/aromatic N) is 1. The van der Waals surface area contributed by atoms with Crippen LogP contribution in [-0.2, 0) is 20.7 Å². The molecule has 176 valence electrons. The highest BCUT2D eigenvalue weighted by Gasteiger charge is 2.31. The molecule has 1 N–H and O–H groups in total. The first-order chi connectivity index (χ1) is 16.6. The molecule has 0 saturated carbocycles. The van der Waals surface area contributed by atoms with Crippen LogP contribution < -0.4 is 5.32 Å². The molecule has 1 fully saturated rings. The average Bonchev–Trinajstić information content (AvgIpc) is 2.88. The summed E-state index contributed by atoms with van der Waals surface area (Å²) in [6, 6.07) is 22.5. The molecule has 6 heteroatoms. The van der Waals surface area contributed by atoms with Crippen molar-refractivity contribution in [2.75, 3.05) is 19.7 Å². The summed E-state index contributed by atoms with van der Waals surface area (Å²) in [7, 11) is 0. The van der Waals surface area contributed by atoms with Gasteiger partial charge in [0.1, 0.15) is 6.04 Å². The molecule has 34 heavy (non-hydrogen) atoms. The minimum absolute atomic E-state index is 0.0101. The molecule has 3 aromatic carbocycles. The molecule has 2 amide bonds. The molecule has 1 heterocycles. The highest BCUT2D eigenvalue weighted by atomic mass is 16.5. The normalized spacial score (nSPS) is 15.0. The predicted octanol–water partition coefficient (Wildman–Crippen LogP) is 3.98. The fraction of sp³-hybridized carbons (Fsp3) is 0.321. The lowest BCUT2D eigenvalue weighted by molar-refractivity contribution is -0.148. The molecule has 6 nitrogen and oxygen atoms in total. The van der Waals surface area contributed by atoms with Gasteiger partial charge >= 0.3 is 5.97 Å². The van der Waals surface area contributed by atoms with Crippen molar-refractivity contribution in [3.63, 3.8) is 0 Å². The van der Waals surface area contributed by atoms with Crippen molar-refractivity contribution in [2.45, 2.75) is 32.2 Å². The lowest BCUT2D eigenvalue weighted by atomic mass is 9.94. The average molecular weight is 459 g/mol. The van der Waals surface area contributed by atoms with Gasteiger partial charge in [0.15, 0.2) is 0 Å². The standard InChI is InChI=1S/C28H30N2O4/c1-2-34-28(33)25(19-20-9-4-3-5-10-20)29-26(31)22-15-17-30(18-16-22)27(32)24-14-8-12-21-11-6-7-13-23(21)24/h3-14,22,25H,2,15-19H2,1H3,(H,29,31). The number of amides is 2. The van der Waals surface area contributed by atoms with E-state index >= 15 is 0 Å². The molecular formula is C28H30N2O4. The Labute approximate surface area is 199 Å². The Hall–Kier alpha value is -3.67. The van der Waals surface area contributed by atoms with E-state index in [-0.39, 0.29) is 24.3 Å². The number of hydrogen-bond donors (Lipinski definition) is 1. The van der Waals surface area contributed by atoms with Crippen molar-refractivity contribution >= 4 is 28.6 Å². The Bertz CT molecular complexity index is 1150. The van der Waals surface area contributed by atoms with E-state index in [2.05, 4.69) is 5.32 Å². The van der Waals surface area contributed by atoms with Crippen LogP contribution in [0.5, 0.6) is 0 Å². The highest BCUT2D eigenvalue weighted by molar-refractivity contribution is 6.07. The van der Waals surface area contributed by atoms with Gasteiger partial charge in [-0.25, -0.2) is 4.79 Å². The van der Waals surface area contributed by atoms with Crippen molar-refractivity contribution in [3.05, 3.63) is 83.9 Å². The van der Waals surface area contributed by atoms with Crippen LogP contribution in [0.15, 0.2) is 72.8 Å². The van der Waals surface area contributed by atoms with Gasteiger partial charge in [-0.05, 0) is 42.2 Å². The zero-order chi connectivity index (χ0) is 23.9. The fourth-order valence-corrected chi connectivity index (χ4v) is 4.50. The zero-order valence-corrected chi connectivity index (χ0v) is 19.4. The van der Waals surface area contributed by atoms with Gasteiger partial charge in [-0.3, -0.25) is 9.59 Å². The first kappa shape index (κ1) is 23.5. The molecule has 1 aliphatic heterocycles. The number of likely N-dealkylation sites (tertiary alicyclic amines) is 1. The maximum absolute atomic E-state index is 13.2. The van der Waals surface area contributed by atoms with Crippen molar-refractivity contribution in [3.8, 4) is 0 Å². The lowest BCUT2D eigenvalue weighted by Gasteiger charge is -2.32. The van der Waals surface area contributed by atoms with E-state index in [9.17, 15) is 14.4 Å². The first-order valence-electron chi connectivity index (χ1n) is 11.8. The molecule has 1 atom stereocenters. The second-order valence-electron chi connectivity index (χ2n) is 8.60. The van der Waals surface area contributed by atoms with Crippen molar-refractivity contribution in [1.29, 1.82) is 0 Å². The lowest BCUT2D eigenvalue weighted by Crippen LogP contribution is -2.48. The van der Waals surface area contributed by atoms with Crippen LogP contribution in [0, 0.1) is 5.92 Å². The molecule has 1 saturated heterocycles. The summed E-state index contributed by atoms with van der Waals surface area (Å²) in [6.45, 7) is 3.02. The van der Waals surface area contributed by atoms with Gasteiger partial charge in [0.2, 0.25) is 5.91 Å². The number of rotatable bonds is 7. The predicted molar refractivity (Wildman–Crippen MR) is 131 cm³/mol. The molecule has 0 aromatic heterocycles. The number of ether oxygens (including phenoxy) is 1. The topological polar surface area (TPSA) is 75.7 Å². The number of piperidine rings is 1. The molecule has 3 aromatic rings. The van der Waals surface area contributed by atoms with Crippen LogP contribution in [0.25, 0.3) is 10.8 Å². The first-order valence-corrected chi connectivity index (χ1v) is 11.8. The molecule has 0 radical (unpaired) electrons. The van der Waals surface area contributed by atoms with E-state index in [4.69, 9.17) is 4.74 Å². The second kappa shape index (κ2) is 11.0. The largest absolute Gasteiger partial charge is 0.464 e. The van der Waals surface area contributed by atoms with E-state index in [0.717, 1.165) is 16.3 Å². The highest BCUT2D eigenvalue weighted by Crippen LogP contribution is 2.24. The Balaban J connectivity index is 1.38. The summed E-state index contributed by atoms with van der Waals surface area (Å²) >= 11 is 0. The van der Waals surface area contributed by atoms with Gasteiger partial charge in [-0.1, -0.05) is 66.7 Å². The summed E-state index contributed by atoms with van der Waals surface area (Å²) in [6.07, 6.45) is 1.50. The number of hydrogen-bond acceptors (Lipinski definition) is 4. The Morgan fingerprint density at radius 2 is 1.62 bits per heavy atom. The number of benzene rings is 3. The maximum Gasteiger partial charge on any atom is 0.328 e. The Kier molecular flexibility index (Phi) is 7.58. The summed E-state index contributed by atoms with van der Waals surface area (Å²) in [5, 5.41) is 4.87. The summed E-state index contributed by atoms with van der Waals surface area (Å²) in [5.74, 6) is -0.845. The third-order valence-electron chi connectivity index (χ3n) is 6.34. The van der Waals surface area contributed by atoms with Crippen molar-refractivity contribution in [2.24, 2.45) is 5.92 Å². The van der Waals surface area contributed by atoms with Crippen LogP contribution in [0.3, 0.4) is 0 Å². The van der Waals surface area contributed by atoms with Crippen LogP contribution >= 0.6 is 0 Å². The van der Waals surface area contributed by atoms with Gasteiger partial charge < -0.3 is 15.0 Å². The molecule has 0 bridgehead atoms. The number of carbonyl (C=O) groups is 3. The van der Waals surface area contributed by atoms with E-state index in [1.807, 2.05) is 77.7 Å². The van der Waals surface area contributed by atoms with E-state index in [0.29, 0.717) is 37.9 Å². The van der Waals surface area contributed by atoms with Crippen molar-refractivity contribution < 1.29 is 19.1 Å². The molecule has 4 rings (SSSR count). The van der Waals surface area contributed by atoms with E-state index in [1.54, 1.807) is 6.92 Å². The van der Waals surface area contributed by atoms with Gasteiger partial charge in [0, 0.05) is 31.0 Å². The van der Waals surface area contributed by atoms with E-state index in [1.165, 1.54) is 0 Å². The number of carbonyl (C=O) groups excluding carboxylic acids is 3. The SMILES string of the molecule is CCOC(=O)C(Cc1ccccc1)NC(=O)C1CCN(C(=O)c2cccc3ccccc23)CC1. The third kappa shape index (κ3) is 5.45. The number of fused-ring (bicyclic) bond motifs is 1. The summed E-state index contributed by atoms with van der Waals surface area (Å²) in [4.78, 5) is 40.5. The van der Waals surface area contributed by atoms with Crippen molar-refractivity contribution in [1.82, 2.24) is 10.2 Å². The monoisotopic (exact) mass is 458 g/mol. The fourth-order valence-electron chi connectivity index (χ4n) is 4.50. The number of esters is 1. The van der Waals surface area contributed by atoms with Crippen LogP contribution in [0.4, 0.5) is 0 Å². The van der Waals surface area contributed by atoms with E-state index < -0.39 is 12.0 Å². The minimum atomic E-state index is -0.731. The molecule has 0 spiro atoms. The minimum Gasteiger partial charge on any atom is -0.464 e. The van der Waals surface area contributed by atoms with Crippen LogP contribution in [0.2, 0.25) is 0 Å². The molecule has 1 aliphatic rings. The Morgan fingerprint density at radius 3 is 2.35 bits per heavy atom. The molecule has 0 aliphatic carbocycles. The smallest absolute Gasteiger partial charge is 0.328 e. The zero-order valence-electron chi connectivity index (χ0n) is 19.4. The molecular weight excluding hydrogens is 428 g/mol. The second-order valence-corrected chi connectivity index (χ2v) is 8.60. The molecule has 1 unspecified atom stereocenters. The van der Waals surface area contributed by atoms with Gasteiger partial charge in [0.05, 0.1) is 6.61 Å². The quantitative estimate of drug-likeness (QED) is 0.544. The summed E-state index contributed by atoms with van der Waals surface area (Å²) < 4.78 is 5.19. The Morgan fingerprint density at radius 1 is 0.941 bits per heavy atom. The summed E-state index contributed by atoms with van der Waals surface area (Å²) in [5.41, 5.74) is 1.64. The van der Waals surface area contributed by atoms with Gasteiger partial charge in [0.25, 0.3) is 5.91 Å². The van der Waals surface area contributed by atoms with Gasteiger partial charge in [-0.15, -0.1) is 0 Å². The van der Waals surface area contributed by atoms with Crippen LogP contribution in [0.1, 0.15) is 35.7 Å². The maximum atomic E-state index is 13.2.